The Morgan fingerprint density at radius 3 is 2.30 bits per heavy atom. The number of hydrogen-bond donors (Lipinski definition) is 0. The van der Waals surface area contributed by atoms with Crippen LogP contribution in [-0.4, -0.2) is 12.6 Å². The zero-order valence-electron chi connectivity index (χ0n) is 15.2. The Bertz CT molecular complexity index is 572. The highest BCUT2D eigenvalue weighted by Gasteiger charge is 2.14. The predicted molar refractivity (Wildman–Crippen MR) is 99.3 cm³/mol. The third-order valence-corrected chi connectivity index (χ3v) is 3.85. The van der Waals surface area contributed by atoms with Crippen LogP contribution in [0.1, 0.15) is 70.1 Å². The fourth-order valence-corrected chi connectivity index (χ4v) is 2.76. The maximum absolute atomic E-state index is 12.2. The van der Waals surface area contributed by atoms with Gasteiger partial charge < -0.3 is 4.74 Å². The van der Waals surface area contributed by atoms with E-state index in [4.69, 9.17) is 4.74 Å². The molecule has 1 rings (SSSR count). The summed E-state index contributed by atoms with van der Waals surface area (Å²) in [7, 11) is 0. The monoisotopic (exact) mass is 314 g/mol. The summed E-state index contributed by atoms with van der Waals surface area (Å²) in [5, 5.41) is 0. The Balaban J connectivity index is 3.21. The van der Waals surface area contributed by atoms with Crippen LogP contribution in [0.4, 0.5) is 0 Å². The molecule has 126 valence electrons. The van der Waals surface area contributed by atoms with E-state index in [-0.39, 0.29) is 5.97 Å². The molecule has 0 bridgehead atoms. The van der Waals surface area contributed by atoms with Crippen LogP contribution in [0, 0.1) is 6.92 Å². The van der Waals surface area contributed by atoms with Crippen LogP contribution in [0.3, 0.4) is 0 Å². The summed E-state index contributed by atoms with van der Waals surface area (Å²) in [6, 6.07) is 6.31. The highest BCUT2D eigenvalue weighted by molar-refractivity contribution is 6.16. The van der Waals surface area contributed by atoms with Crippen molar-refractivity contribution in [2.45, 2.75) is 60.3 Å². The molecule has 0 saturated heterocycles. The number of aryl methyl sites for hydroxylation is 1. The summed E-state index contributed by atoms with van der Waals surface area (Å²) in [5.41, 5.74) is 5.34. The molecule has 0 amide bonds. The summed E-state index contributed by atoms with van der Waals surface area (Å²) < 4.78 is 5.18. The number of carbonyl (C=O) groups excluding carboxylic acids is 1. The molecule has 0 N–H and O–H groups in total. The zero-order chi connectivity index (χ0) is 17.2. The molecule has 0 heterocycles. The molecule has 23 heavy (non-hydrogen) atoms. The van der Waals surface area contributed by atoms with Crippen LogP contribution in [-0.2, 0) is 9.53 Å². The lowest BCUT2D eigenvalue weighted by Crippen LogP contribution is -2.08. The first-order valence-electron chi connectivity index (χ1n) is 8.71. The van der Waals surface area contributed by atoms with E-state index >= 15 is 0 Å². The van der Waals surface area contributed by atoms with E-state index < -0.39 is 0 Å². The Labute approximate surface area is 141 Å². The molecule has 2 heteroatoms. The van der Waals surface area contributed by atoms with Gasteiger partial charge in [0, 0.05) is 0 Å². The fourth-order valence-electron chi connectivity index (χ4n) is 2.76. The van der Waals surface area contributed by atoms with E-state index in [0.29, 0.717) is 12.2 Å². The molecule has 0 unspecified atom stereocenters. The van der Waals surface area contributed by atoms with Gasteiger partial charge in [-0.2, -0.15) is 0 Å². The molecular weight excluding hydrogens is 284 g/mol. The van der Waals surface area contributed by atoms with Crippen molar-refractivity contribution in [1.82, 2.24) is 0 Å². The topological polar surface area (TPSA) is 26.3 Å². The molecule has 0 saturated carbocycles. The maximum Gasteiger partial charge on any atom is 0.338 e. The van der Waals surface area contributed by atoms with Crippen LogP contribution in [0.15, 0.2) is 29.8 Å². The second-order valence-electron chi connectivity index (χ2n) is 5.80. The summed E-state index contributed by atoms with van der Waals surface area (Å²) in [5.74, 6) is -0.249. The summed E-state index contributed by atoms with van der Waals surface area (Å²) in [6.45, 7) is 10.6. The van der Waals surface area contributed by atoms with Gasteiger partial charge in [0.15, 0.2) is 0 Å². The van der Waals surface area contributed by atoms with Crippen LogP contribution in [0.5, 0.6) is 0 Å². The number of carbonyl (C=O) groups is 1. The number of hydrogen-bond acceptors (Lipinski definition) is 2. The Hall–Kier alpha value is -1.83. The molecule has 0 aliphatic carbocycles. The van der Waals surface area contributed by atoms with E-state index in [2.05, 4.69) is 38.1 Å². The average molecular weight is 314 g/mol. The molecule has 0 aromatic heterocycles. The Morgan fingerprint density at radius 2 is 1.78 bits per heavy atom. The van der Waals surface area contributed by atoms with Gasteiger partial charge in [-0.1, -0.05) is 56.5 Å². The van der Waals surface area contributed by atoms with Gasteiger partial charge in [0.1, 0.15) is 0 Å². The first-order valence-corrected chi connectivity index (χ1v) is 8.71. The van der Waals surface area contributed by atoms with E-state index in [0.717, 1.165) is 42.4 Å². The van der Waals surface area contributed by atoms with Crippen molar-refractivity contribution in [3.05, 3.63) is 46.5 Å². The molecule has 0 aliphatic heterocycles. The van der Waals surface area contributed by atoms with E-state index in [1.54, 1.807) is 0 Å². The van der Waals surface area contributed by atoms with Crippen molar-refractivity contribution in [2.24, 2.45) is 0 Å². The van der Waals surface area contributed by atoms with Crippen LogP contribution >= 0.6 is 0 Å². The van der Waals surface area contributed by atoms with Crippen molar-refractivity contribution in [1.29, 1.82) is 0 Å². The zero-order valence-corrected chi connectivity index (χ0v) is 15.2. The Kier molecular flexibility index (Phi) is 8.39. The van der Waals surface area contributed by atoms with Gasteiger partial charge >= 0.3 is 5.97 Å². The first-order chi connectivity index (χ1) is 11.1. The quantitative estimate of drug-likeness (QED) is 0.438. The lowest BCUT2D eigenvalue weighted by molar-refractivity contribution is -0.136. The van der Waals surface area contributed by atoms with Gasteiger partial charge in [0.2, 0.25) is 0 Å². The molecule has 0 fully saturated rings. The minimum Gasteiger partial charge on any atom is -0.462 e. The van der Waals surface area contributed by atoms with E-state index in [1.165, 1.54) is 5.57 Å². The summed E-state index contributed by atoms with van der Waals surface area (Å²) in [6.07, 6.45) is 8.69. The predicted octanol–water partition coefficient (Wildman–Crippen LogP) is 5.95. The third-order valence-electron chi connectivity index (χ3n) is 3.85. The van der Waals surface area contributed by atoms with Crippen molar-refractivity contribution in [3.8, 4) is 0 Å². The van der Waals surface area contributed by atoms with E-state index in [9.17, 15) is 4.79 Å². The average Bonchev–Trinajstić information content (AvgIpc) is 2.52. The van der Waals surface area contributed by atoms with Crippen LogP contribution in [0.2, 0.25) is 0 Å². The highest BCUT2D eigenvalue weighted by Crippen LogP contribution is 2.24. The number of ether oxygens (including phenoxy) is 1. The second kappa shape index (κ2) is 10.0. The van der Waals surface area contributed by atoms with E-state index in [1.807, 2.05) is 26.8 Å². The molecule has 0 aliphatic rings. The SMILES string of the molecule is C/C=C(/C(=O)OCC)c1cc(C=C(CCC)CCC)ccc1C. The van der Waals surface area contributed by atoms with Crippen LogP contribution < -0.4 is 0 Å². The molecule has 2 nitrogen and oxygen atoms in total. The second-order valence-corrected chi connectivity index (χ2v) is 5.80. The van der Waals surface area contributed by atoms with Gasteiger partial charge in [-0.25, -0.2) is 4.79 Å². The van der Waals surface area contributed by atoms with Crippen molar-refractivity contribution in [2.75, 3.05) is 6.61 Å². The summed E-state index contributed by atoms with van der Waals surface area (Å²) in [4.78, 5) is 12.2. The smallest absolute Gasteiger partial charge is 0.338 e. The number of esters is 1. The normalized spacial score (nSPS) is 11.3. The number of benzene rings is 1. The van der Waals surface area contributed by atoms with Crippen LogP contribution in [0.25, 0.3) is 11.6 Å². The van der Waals surface area contributed by atoms with Gasteiger partial charge in [-0.3, -0.25) is 0 Å². The number of rotatable bonds is 8. The van der Waals surface area contributed by atoms with Crippen molar-refractivity contribution < 1.29 is 9.53 Å². The molecule has 0 atom stereocenters. The minimum atomic E-state index is -0.249. The maximum atomic E-state index is 12.2. The minimum absolute atomic E-state index is 0.249. The largest absolute Gasteiger partial charge is 0.462 e. The lowest BCUT2D eigenvalue weighted by Gasteiger charge is -2.12. The fraction of sp³-hybridized carbons (Fsp3) is 0.476. The van der Waals surface area contributed by atoms with Crippen molar-refractivity contribution >= 4 is 17.6 Å². The Morgan fingerprint density at radius 1 is 1.13 bits per heavy atom. The molecule has 1 aromatic rings. The van der Waals surface area contributed by atoms with Gasteiger partial charge in [0.05, 0.1) is 12.2 Å². The number of allylic oxidation sites excluding steroid dienone is 2. The standard InChI is InChI=1S/C21H30O2/c1-6-10-17(11-7-2)14-18-13-12-16(5)20(15-18)19(8-3)21(22)23-9-4/h8,12-15H,6-7,9-11H2,1-5H3/b19-8+. The third kappa shape index (κ3) is 5.70. The highest BCUT2D eigenvalue weighted by atomic mass is 16.5. The van der Waals surface area contributed by atoms with Gasteiger partial charge in [0.25, 0.3) is 0 Å². The van der Waals surface area contributed by atoms with Gasteiger partial charge in [-0.15, -0.1) is 0 Å². The first kappa shape index (κ1) is 19.2. The lowest BCUT2D eigenvalue weighted by atomic mass is 9.95. The van der Waals surface area contributed by atoms with Crippen molar-refractivity contribution in [3.63, 3.8) is 0 Å². The molecule has 0 spiro atoms. The molecule has 1 aromatic carbocycles. The van der Waals surface area contributed by atoms with Gasteiger partial charge in [-0.05, 0) is 56.4 Å². The molecular formula is C21H30O2. The molecule has 0 radical (unpaired) electrons. The summed E-state index contributed by atoms with van der Waals surface area (Å²) >= 11 is 0.